The Bertz CT molecular complexity index is 213. The number of piperidine rings is 1. The predicted octanol–water partition coefficient (Wildman–Crippen LogP) is 1.14. The molecular formula is C12H24N2O2. The lowest BCUT2D eigenvalue weighted by Crippen LogP contribution is -2.39. The second-order valence-corrected chi connectivity index (χ2v) is 4.69. The van der Waals surface area contributed by atoms with Gasteiger partial charge in [0.2, 0.25) is 0 Å². The SMILES string of the molecule is CCCC[C@H](N)C(=O)OC1CCN(C)CC1. The zero-order valence-corrected chi connectivity index (χ0v) is 10.4. The number of ether oxygens (including phenoxy) is 1. The molecule has 0 aromatic rings. The summed E-state index contributed by atoms with van der Waals surface area (Å²) in [5.41, 5.74) is 5.76. The first kappa shape index (κ1) is 13.5. The number of hydrogen-bond acceptors (Lipinski definition) is 4. The molecule has 1 saturated heterocycles. The molecule has 0 aromatic carbocycles. The quantitative estimate of drug-likeness (QED) is 0.717. The lowest BCUT2D eigenvalue weighted by Gasteiger charge is -2.29. The van der Waals surface area contributed by atoms with Crippen molar-refractivity contribution in [2.45, 2.75) is 51.2 Å². The number of rotatable bonds is 5. The molecular weight excluding hydrogens is 204 g/mol. The van der Waals surface area contributed by atoms with Gasteiger partial charge in [-0.05, 0) is 26.3 Å². The molecule has 1 fully saturated rings. The molecule has 0 saturated carbocycles. The van der Waals surface area contributed by atoms with E-state index in [0.717, 1.165) is 45.2 Å². The lowest BCUT2D eigenvalue weighted by molar-refractivity contribution is -0.152. The van der Waals surface area contributed by atoms with Gasteiger partial charge in [-0.15, -0.1) is 0 Å². The average Bonchev–Trinajstić information content (AvgIpc) is 2.29. The standard InChI is InChI=1S/C12H24N2O2/c1-3-4-5-11(13)12(15)16-10-6-8-14(2)9-7-10/h10-11H,3-9,13H2,1-2H3/t11-/m0/s1. The van der Waals surface area contributed by atoms with Crippen molar-refractivity contribution in [3.05, 3.63) is 0 Å². The van der Waals surface area contributed by atoms with Gasteiger partial charge in [0.05, 0.1) is 0 Å². The van der Waals surface area contributed by atoms with Crippen molar-refractivity contribution in [3.63, 3.8) is 0 Å². The van der Waals surface area contributed by atoms with Crippen LogP contribution in [0.25, 0.3) is 0 Å². The maximum Gasteiger partial charge on any atom is 0.323 e. The van der Waals surface area contributed by atoms with Crippen LogP contribution in [0.1, 0.15) is 39.0 Å². The minimum atomic E-state index is -0.431. The van der Waals surface area contributed by atoms with E-state index < -0.39 is 6.04 Å². The highest BCUT2D eigenvalue weighted by atomic mass is 16.5. The molecule has 2 N–H and O–H groups in total. The Labute approximate surface area is 98.1 Å². The molecule has 0 amide bonds. The molecule has 1 aliphatic rings. The summed E-state index contributed by atoms with van der Waals surface area (Å²) < 4.78 is 5.41. The van der Waals surface area contributed by atoms with E-state index in [9.17, 15) is 4.79 Å². The molecule has 1 heterocycles. The number of esters is 1. The lowest BCUT2D eigenvalue weighted by atomic mass is 10.1. The zero-order valence-electron chi connectivity index (χ0n) is 10.4. The van der Waals surface area contributed by atoms with Gasteiger partial charge in [-0.1, -0.05) is 19.8 Å². The Balaban J connectivity index is 2.22. The fraction of sp³-hybridized carbons (Fsp3) is 0.917. The Morgan fingerprint density at radius 3 is 2.69 bits per heavy atom. The molecule has 94 valence electrons. The number of nitrogens with two attached hydrogens (primary N) is 1. The van der Waals surface area contributed by atoms with Crippen molar-refractivity contribution in [1.82, 2.24) is 4.90 Å². The summed E-state index contributed by atoms with van der Waals surface area (Å²) in [7, 11) is 2.09. The topological polar surface area (TPSA) is 55.6 Å². The summed E-state index contributed by atoms with van der Waals surface area (Å²) in [6.07, 6.45) is 4.74. The van der Waals surface area contributed by atoms with Crippen LogP contribution < -0.4 is 5.73 Å². The Morgan fingerprint density at radius 2 is 2.12 bits per heavy atom. The highest BCUT2D eigenvalue weighted by molar-refractivity contribution is 5.75. The van der Waals surface area contributed by atoms with Crippen molar-refractivity contribution in [2.75, 3.05) is 20.1 Å². The van der Waals surface area contributed by atoms with E-state index in [1.54, 1.807) is 0 Å². The largest absolute Gasteiger partial charge is 0.461 e. The molecule has 1 rings (SSSR count). The minimum absolute atomic E-state index is 0.0800. The third-order valence-corrected chi connectivity index (χ3v) is 3.12. The minimum Gasteiger partial charge on any atom is -0.461 e. The van der Waals surface area contributed by atoms with Crippen molar-refractivity contribution >= 4 is 5.97 Å². The maximum atomic E-state index is 11.6. The third kappa shape index (κ3) is 4.49. The van der Waals surface area contributed by atoms with Crippen molar-refractivity contribution in [1.29, 1.82) is 0 Å². The number of hydrogen-bond donors (Lipinski definition) is 1. The molecule has 0 bridgehead atoms. The first-order chi connectivity index (χ1) is 7.63. The molecule has 0 unspecified atom stereocenters. The van der Waals surface area contributed by atoms with Gasteiger partial charge < -0.3 is 15.4 Å². The first-order valence-electron chi connectivity index (χ1n) is 6.28. The molecule has 0 aliphatic carbocycles. The van der Waals surface area contributed by atoms with Crippen LogP contribution in [0.3, 0.4) is 0 Å². The maximum absolute atomic E-state index is 11.6. The fourth-order valence-electron chi connectivity index (χ4n) is 1.90. The van der Waals surface area contributed by atoms with Gasteiger partial charge in [0, 0.05) is 13.1 Å². The number of carbonyl (C=O) groups is 1. The molecule has 0 spiro atoms. The molecule has 0 aromatic heterocycles. The van der Waals surface area contributed by atoms with Crippen molar-refractivity contribution in [2.24, 2.45) is 5.73 Å². The monoisotopic (exact) mass is 228 g/mol. The van der Waals surface area contributed by atoms with Gasteiger partial charge in [0.15, 0.2) is 0 Å². The van der Waals surface area contributed by atoms with E-state index in [-0.39, 0.29) is 12.1 Å². The van der Waals surface area contributed by atoms with Crippen LogP contribution in [0.2, 0.25) is 0 Å². The summed E-state index contributed by atoms with van der Waals surface area (Å²) >= 11 is 0. The average molecular weight is 228 g/mol. The van der Waals surface area contributed by atoms with Gasteiger partial charge in [-0.3, -0.25) is 4.79 Å². The van der Waals surface area contributed by atoms with Crippen LogP contribution >= 0.6 is 0 Å². The zero-order chi connectivity index (χ0) is 12.0. The van der Waals surface area contributed by atoms with Gasteiger partial charge in [-0.2, -0.15) is 0 Å². The van der Waals surface area contributed by atoms with E-state index in [4.69, 9.17) is 10.5 Å². The third-order valence-electron chi connectivity index (χ3n) is 3.12. The number of carbonyl (C=O) groups excluding carboxylic acids is 1. The number of nitrogens with zero attached hydrogens (tertiary/aromatic N) is 1. The van der Waals surface area contributed by atoms with Crippen LogP contribution in [0, 0.1) is 0 Å². The van der Waals surface area contributed by atoms with Gasteiger partial charge in [0.25, 0.3) is 0 Å². The van der Waals surface area contributed by atoms with Crippen LogP contribution in [0.5, 0.6) is 0 Å². The first-order valence-corrected chi connectivity index (χ1v) is 6.28. The van der Waals surface area contributed by atoms with Crippen LogP contribution in [-0.4, -0.2) is 43.2 Å². The molecule has 1 atom stereocenters. The van der Waals surface area contributed by atoms with Gasteiger partial charge >= 0.3 is 5.97 Å². The Morgan fingerprint density at radius 1 is 1.50 bits per heavy atom. The molecule has 1 aliphatic heterocycles. The predicted molar refractivity (Wildman–Crippen MR) is 64.1 cm³/mol. The molecule has 4 heteroatoms. The van der Waals surface area contributed by atoms with Gasteiger partial charge in [0.1, 0.15) is 12.1 Å². The smallest absolute Gasteiger partial charge is 0.323 e. The Hall–Kier alpha value is -0.610. The summed E-state index contributed by atoms with van der Waals surface area (Å²) in [5, 5.41) is 0. The van der Waals surface area contributed by atoms with E-state index in [0.29, 0.717) is 0 Å². The van der Waals surface area contributed by atoms with E-state index in [1.165, 1.54) is 0 Å². The van der Waals surface area contributed by atoms with E-state index in [1.807, 2.05) is 0 Å². The second-order valence-electron chi connectivity index (χ2n) is 4.69. The summed E-state index contributed by atoms with van der Waals surface area (Å²) in [4.78, 5) is 13.9. The normalized spacial score (nSPS) is 20.7. The summed E-state index contributed by atoms with van der Waals surface area (Å²) in [6, 6.07) is -0.431. The molecule has 4 nitrogen and oxygen atoms in total. The number of likely N-dealkylation sites (tertiary alicyclic amines) is 1. The van der Waals surface area contributed by atoms with E-state index in [2.05, 4.69) is 18.9 Å². The summed E-state index contributed by atoms with van der Waals surface area (Å²) in [5.74, 6) is -0.219. The second kappa shape index (κ2) is 6.86. The van der Waals surface area contributed by atoms with E-state index >= 15 is 0 Å². The van der Waals surface area contributed by atoms with Crippen molar-refractivity contribution in [3.8, 4) is 0 Å². The van der Waals surface area contributed by atoms with Crippen LogP contribution in [0.15, 0.2) is 0 Å². The fourth-order valence-corrected chi connectivity index (χ4v) is 1.90. The van der Waals surface area contributed by atoms with Crippen LogP contribution in [0.4, 0.5) is 0 Å². The summed E-state index contributed by atoms with van der Waals surface area (Å²) in [6.45, 7) is 4.10. The van der Waals surface area contributed by atoms with Crippen LogP contribution in [-0.2, 0) is 9.53 Å². The molecule has 0 radical (unpaired) electrons. The highest BCUT2D eigenvalue weighted by Gasteiger charge is 2.23. The highest BCUT2D eigenvalue weighted by Crippen LogP contribution is 2.13. The Kier molecular flexibility index (Phi) is 5.77. The number of unbranched alkanes of at least 4 members (excludes halogenated alkanes) is 1. The van der Waals surface area contributed by atoms with Gasteiger partial charge in [-0.25, -0.2) is 0 Å². The van der Waals surface area contributed by atoms with Crippen molar-refractivity contribution < 1.29 is 9.53 Å². The molecule has 16 heavy (non-hydrogen) atoms.